The molecule has 0 fully saturated rings. The van der Waals surface area contributed by atoms with Crippen molar-refractivity contribution in [3.05, 3.63) is 0 Å². The van der Waals surface area contributed by atoms with Gasteiger partial charge in [-0.2, -0.15) is 0 Å². The maximum Gasteiger partial charge on any atom is 1.00 e. The molecular weight excluding hydrogens is 176 g/mol. The predicted molar refractivity (Wildman–Crippen MR) is 17.9 cm³/mol. The minimum Gasteiger partial charge on any atom is -0.672 e. The summed E-state index contributed by atoms with van der Waals surface area (Å²) in [7, 11) is -3.63. The molecule has 0 spiro atoms. The van der Waals surface area contributed by atoms with Gasteiger partial charge in [0.25, 0.3) is 0 Å². The van der Waals surface area contributed by atoms with E-state index < -0.39 is 9.17 Å². The van der Waals surface area contributed by atoms with E-state index in [4.69, 9.17) is 14.1 Å². The van der Waals surface area contributed by atoms with Crippen LogP contribution in [0.2, 0.25) is 0 Å². The van der Waals surface area contributed by atoms with Crippen LogP contribution in [0.5, 0.6) is 0 Å². The molecule has 0 heterocycles. The second-order valence-electron chi connectivity index (χ2n) is 0.250. The summed E-state index contributed by atoms with van der Waals surface area (Å²) in [4.78, 5) is 17.0. The van der Waals surface area contributed by atoms with Gasteiger partial charge in [0.1, 0.15) is 0 Å². The Bertz CT molecular complexity index is 38.3. The van der Waals surface area contributed by atoms with Crippen LogP contribution >= 0.6 is 0 Å². The summed E-state index contributed by atoms with van der Waals surface area (Å²) in [5, 5.41) is 0. The van der Waals surface area contributed by atoms with E-state index in [9.17, 15) is 0 Å². The average molecular weight is 176 g/mol. The fraction of sp³-hybridized carbons (Fsp3) is 0. The fourth-order valence-electron chi connectivity index (χ4n) is 0. The molecule has 0 aliphatic heterocycles. The molecule has 0 aromatic carbocycles. The van der Waals surface area contributed by atoms with Crippen molar-refractivity contribution in [3.8, 4) is 0 Å². The van der Waals surface area contributed by atoms with Crippen LogP contribution in [0.4, 0.5) is 0 Å². The first-order valence-electron chi connectivity index (χ1n) is 0.612. The summed E-state index contributed by atoms with van der Waals surface area (Å²) in [5.41, 5.74) is 0. The van der Waals surface area contributed by atoms with Gasteiger partial charge < -0.3 is 14.1 Å². The topological polar surface area (TPSA) is 63.2 Å². The molecule has 3 nitrogen and oxygen atoms in total. The number of hydrogen-bond acceptors (Lipinski definition) is 3. The third-order valence-corrected chi connectivity index (χ3v) is 0. The molecule has 0 aromatic rings. The van der Waals surface area contributed by atoms with Gasteiger partial charge in [-0.25, -0.2) is 0 Å². The molecule has 0 bridgehead atoms. The number of hydrogen-bond donors (Lipinski definition) is 0. The molecule has 0 saturated heterocycles. The van der Waals surface area contributed by atoms with Crippen LogP contribution in [-0.2, 0) is 4.46 Å². The molecule has 8 heavy (non-hydrogen) atoms. The minimum absolute atomic E-state index is 0. The normalized spacial score (nSPS) is 3.00. The van der Waals surface area contributed by atoms with Gasteiger partial charge in [0.15, 0.2) is 0 Å². The standard InChI is InChI=1S/2Al.2Na.O3Si/c;;;;1-4(2)3/q;;2*+1;-2. The van der Waals surface area contributed by atoms with Crippen molar-refractivity contribution in [2.75, 3.05) is 0 Å². The first-order chi connectivity index (χ1) is 1.73. The monoisotopic (exact) mass is 176 g/mol. The van der Waals surface area contributed by atoms with E-state index in [1.807, 2.05) is 0 Å². The second kappa shape index (κ2) is 22.6. The van der Waals surface area contributed by atoms with Crippen LogP contribution in [-0.4, -0.2) is 43.9 Å². The molecule has 30 valence electrons. The van der Waals surface area contributed by atoms with Crippen LogP contribution in [0.3, 0.4) is 0 Å². The summed E-state index contributed by atoms with van der Waals surface area (Å²) in [5.74, 6) is 0. The zero-order valence-electron chi connectivity index (χ0n) is 4.88. The Kier molecular flexibility index (Phi) is 87.6. The van der Waals surface area contributed by atoms with Crippen LogP contribution in [0.15, 0.2) is 0 Å². The van der Waals surface area contributed by atoms with Crippen molar-refractivity contribution in [1.29, 1.82) is 0 Å². The van der Waals surface area contributed by atoms with Gasteiger partial charge in [-0.3, -0.25) is 0 Å². The molecule has 0 saturated carbocycles. The van der Waals surface area contributed by atoms with E-state index in [0.29, 0.717) is 0 Å². The Morgan fingerprint density at radius 2 is 1.00 bits per heavy atom. The van der Waals surface area contributed by atoms with Gasteiger partial charge in [0.2, 0.25) is 0 Å². The third-order valence-electron chi connectivity index (χ3n) is 0. The molecule has 0 aliphatic rings. The van der Waals surface area contributed by atoms with Crippen LogP contribution in [0, 0.1) is 0 Å². The minimum atomic E-state index is -3.63. The maximum absolute atomic E-state index is 8.52. The zero-order chi connectivity index (χ0) is 3.58. The molecule has 0 aliphatic carbocycles. The molecule has 8 heteroatoms. The van der Waals surface area contributed by atoms with Gasteiger partial charge in [0.05, 0.1) is 0 Å². The summed E-state index contributed by atoms with van der Waals surface area (Å²) in [6.07, 6.45) is 0. The van der Waals surface area contributed by atoms with E-state index in [1.54, 1.807) is 0 Å². The van der Waals surface area contributed by atoms with E-state index >= 15 is 0 Å². The summed E-state index contributed by atoms with van der Waals surface area (Å²) >= 11 is 0. The molecule has 0 unspecified atom stereocenters. The molecule has 0 N–H and O–H groups in total. The molecule has 0 atom stereocenters. The zero-order valence-corrected chi connectivity index (χ0v) is 12.2. The van der Waals surface area contributed by atoms with Gasteiger partial charge in [-0.1, -0.05) is 0 Å². The van der Waals surface area contributed by atoms with Crippen molar-refractivity contribution >= 4 is 43.9 Å². The van der Waals surface area contributed by atoms with Crippen LogP contribution < -0.4 is 68.7 Å². The quantitative estimate of drug-likeness (QED) is 0.344. The summed E-state index contributed by atoms with van der Waals surface area (Å²) in [6, 6.07) is 0. The molecular formula is Al2Na2O3Si. The van der Waals surface area contributed by atoms with E-state index in [2.05, 4.69) is 0 Å². The van der Waals surface area contributed by atoms with E-state index in [1.165, 1.54) is 0 Å². The summed E-state index contributed by atoms with van der Waals surface area (Å²) < 4.78 is 8.52. The Morgan fingerprint density at radius 3 is 1.00 bits per heavy atom. The predicted octanol–water partition coefficient (Wildman–Crippen LogP) is -9.63. The van der Waals surface area contributed by atoms with Gasteiger partial charge in [-0.05, 0) is 0 Å². The molecule has 0 rings (SSSR count). The Labute approximate surface area is 115 Å². The average Bonchev–Trinajstić information content (AvgIpc) is 0.811. The number of rotatable bonds is 0. The van der Waals surface area contributed by atoms with Gasteiger partial charge in [-0.15, -0.1) is 0 Å². The van der Waals surface area contributed by atoms with Crippen molar-refractivity contribution in [3.63, 3.8) is 0 Å². The first kappa shape index (κ1) is 31.0. The Balaban J connectivity index is -0.00000000750. The Morgan fingerprint density at radius 1 is 1.00 bits per heavy atom. The maximum atomic E-state index is 8.52. The van der Waals surface area contributed by atoms with Crippen molar-refractivity contribution in [2.24, 2.45) is 0 Å². The second-order valence-corrected chi connectivity index (χ2v) is 0.750. The Hall–Kier alpha value is 2.68. The van der Waals surface area contributed by atoms with E-state index in [0.717, 1.165) is 0 Å². The van der Waals surface area contributed by atoms with Crippen LogP contribution in [0.1, 0.15) is 0 Å². The third kappa shape index (κ3) is 71.2. The van der Waals surface area contributed by atoms with Crippen molar-refractivity contribution in [1.82, 2.24) is 0 Å². The van der Waals surface area contributed by atoms with Crippen LogP contribution in [0.25, 0.3) is 0 Å². The fourth-order valence-corrected chi connectivity index (χ4v) is 0. The summed E-state index contributed by atoms with van der Waals surface area (Å²) in [6.45, 7) is 0. The largest absolute Gasteiger partial charge is 1.00 e. The SMILES string of the molecule is O=[Si]([O-])[O-].[Al].[Al].[Na+].[Na+]. The molecule has 0 aromatic heterocycles. The van der Waals surface area contributed by atoms with Crippen molar-refractivity contribution < 1.29 is 73.2 Å². The smallest absolute Gasteiger partial charge is 0.672 e. The molecule has 6 radical (unpaired) electrons. The van der Waals surface area contributed by atoms with Gasteiger partial charge in [0, 0.05) is 43.9 Å². The van der Waals surface area contributed by atoms with Crippen molar-refractivity contribution in [2.45, 2.75) is 0 Å². The van der Waals surface area contributed by atoms with E-state index in [-0.39, 0.29) is 93.8 Å². The van der Waals surface area contributed by atoms with Gasteiger partial charge >= 0.3 is 59.1 Å². The molecule has 0 amide bonds. The first-order valence-corrected chi connectivity index (χ1v) is 1.84.